The summed E-state index contributed by atoms with van der Waals surface area (Å²) in [6, 6.07) is 13.4. The molecule has 3 atom stereocenters. The Balaban J connectivity index is 0.000000220. The molecule has 37 heavy (non-hydrogen) atoms. The molecule has 4 rings (SSSR count). The Kier molecular flexibility index (Phi) is 8.60. The van der Waals surface area contributed by atoms with Crippen molar-refractivity contribution < 1.29 is 23.9 Å². The van der Waals surface area contributed by atoms with Crippen molar-refractivity contribution in [2.75, 3.05) is 7.05 Å². The molecule has 0 aromatic heterocycles. The molecule has 0 spiro atoms. The van der Waals surface area contributed by atoms with Gasteiger partial charge >= 0.3 is 12.1 Å². The maximum Gasteiger partial charge on any atom is 0.412 e. The molecule has 1 saturated carbocycles. The van der Waals surface area contributed by atoms with Gasteiger partial charge in [0.25, 0.3) is 0 Å². The average molecular weight is 502 g/mol. The van der Waals surface area contributed by atoms with Crippen molar-refractivity contribution in [3.63, 3.8) is 0 Å². The standard InChI is InChI=1S/C19H24O3.C12H11NO2/c1-7-8-13-12(4)16(10-15(13)20)22-18(21)17-14(9-11(2)3)19(17,5)6;1-13-12(14)15-11-8-4-6-9-5-2-3-7-10(9)11/h1,9,14,16-17H,8,10H2,2-6H3;2-8H,1H3,(H,13,14)/t14?,16-,17?;/m0./s1. The maximum absolute atomic E-state index is 12.5. The number of ketones is 1. The number of rotatable bonds is 5. The third-order valence-electron chi connectivity index (χ3n) is 7.04. The number of allylic oxidation sites excluding steroid dienone is 3. The summed E-state index contributed by atoms with van der Waals surface area (Å²) in [5.74, 6) is 2.97. The first-order valence-electron chi connectivity index (χ1n) is 12.4. The summed E-state index contributed by atoms with van der Waals surface area (Å²) in [6.45, 7) is 10.1. The molecule has 6 heteroatoms. The molecule has 1 amide bonds. The number of benzene rings is 2. The predicted octanol–water partition coefficient (Wildman–Crippen LogP) is 6.01. The van der Waals surface area contributed by atoms with Gasteiger partial charge in [0, 0.05) is 24.4 Å². The highest BCUT2D eigenvalue weighted by molar-refractivity contribution is 6.00. The highest BCUT2D eigenvalue weighted by atomic mass is 16.6. The van der Waals surface area contributed by atoms with Crippen LogP contribution in [0.1, 0.15) is 47.5 Å². The normalized spacial score (nSPS) is 21.3. The van der Waals surface area contributed by atoms with E-state index in [-0.39, 0.29) is 35.4 Å². The van der Waals surface area contributed by atoms with Crippen molar-refractivity contribution in [1.29, 1.82) is 0 Å². The zero-order valence-corrected chi connectivity index (χ0v) is 22.4. The van der Waals surface area contributed by atoms with Crippen LogP contribution in [0.4, 0.5) is 4.79 Å². The summed E-state index contributed by atoms with van der Waals surface area (Å²) in [5, 5.41) is 4.41. The van der Waals surface area contributed by atoms with Crippen LogP contribution in [-0.2, 0) is 14.3 Å². The fraction of sp³-hybridized carbons (Fsp3) is 0.387. The molecule has 2 aromatic carbocycles. The predicted molar refractivity (Wildman–Crippen MR) is 145 cm³/mol. The van der Waals surface area contributed by atoms with Crippen LogP contribution in [0.15, 0.2) is 65.3 Å². The molecule has 0 aliphatic heterocycles. The number of esters is 1. The van der Waals surface area contributed by atoms with E-state index < -0.39 is 12.2 Å². The monoisotopic (exact) mass is 501 g/mol. The van der Waals surface area contributed by atoms with Gasteiger partial charge in [0.2, 0.25) is 0 Å². The number of nitrogens with one attached hydrogen (secondary N) is 1. The van der Waals surface area contributed by atoms with Crippen LogP contribution in [0.3, 0.4) is 0 Å². The Morgan fingerprint density at radius 2 is 1.84 bits per heavy atom. The molecular formula is C31H35NO5. The van der Waals surface area contributed by atoms with E-state index >= 15 is 0 Å². The van der Waals surface area contributed by atoms with E-state index in [1.54, 1.807) is 6.07 Å². The molecule has 2 aromatic rings. The van der Waals surface area contributed by atoms with Gasteiger partial charge in [-0.2, -0.15) is 0 Å². The zero-order valence-electron chi connectivity index (χ0n) is 22.4. The van der Waals surface area contributed by atoms with Crippen molar-refractivity contribution in [1.82, 2.24) is 5.32 Å². The van der Waals surface area contributed by atoms with E-state index in [1.165, 1.54) is 12.6 Å². The highest BCUT2D eigenvalue weighted by Gasteiger charge is 2.61. The molecule has 6 nitrogen and oxygen atoms in total. The summed E-state index contributed by atoms with van der Waals surface area (Å²) >= 11 is 0. The number of ether oxygens (including phenoxy) is 2. The van der Waals surface area contributed by atoms with Crippen molar-refractivity contribution in [3.8, 4) is 18.1 Å². The van der Waals surface area contributed by atoms with Crippen molar-refractivity contribution in [2.45, 2.75) is 53.6 Å². The molecule has 2 unspecified atom stereocenters. The Hall–Kier alpha value is -3.85. The lowest BCUT2D eigenvalue weighted by atomic mass is 10.1. The van der Waals surface area contributed by atoms with Gasteiger partial charge in [-0.1, -0.05) is 61.9 Å². The topological polar surface area (TPSA) is 81.7 Å². The minimum absolute atomic E-state index is 0.00385. The first kappa shape index (κ1) is 27.7. The summed E-state index contributed by atoms with van der Waals surface area (Å²) in [6.07, 6.45) is 7.08. The molecule has 2 aliphatic rings. The van der Waals surface area contributed by atoms with Gasteiger partial charge in [-0.05, 0) is 49.1 Å². The van der Waals surface area contributed by atoms with E-state index in [1.807, 2.05) is 57.2 Å². The fourth-order valence-electron chi connectivity index (χ4n) is 4.78. The summed E-state index contributed by atoms with van der Waals surface area (Å²) < 4.78 is 10.8. The van der Waals surface area contributed by atoms with Gasteiger partial charge in [-0.15, -0.1) is 12.3 Å². The van der Waals surface area contributed by atoms with Crippen LogP contribution in [0, 0.1) is 29.6 Å². The smallest absolute Gasteiger partial charge is 0.412 e. The lowest BCUT2D eigenvalue weighted by Gasteiger charge is -2.13. The SMILES string of the molecule is C#CCC1=C(C)[C@@H](OC(=O)C2C(C=C(C)C)C2(C)C)CC1=O.CNC(=O)Oc1cccc2ccccc12. The van der Waals surface area contributed by atoms with E-state index in [9.17, 15) is 14.4 Å². The second-order valence-electron chi connectivity index (χ2n) is 10.3. The Morgan fingerprint density at radius 3 is 2.49 bits per heavy atom. The lowest BCUT2D eigenvalue weighted by molar-refractivity contribution is -0.150. The van der Waals surface area contributed by atoms with Crippen LogP contribution in [-0.4, -0.2) is 31.0 Å². The number of amides is 1. The van der Waals surface area contributed by atoms with E-state index in [4.69, 9.17) is 15.9 Å². The highest BCUT2D eigenvalue weighted by Crippen LogP contribution is 2.60. The van der Waals surface area contributed by atoms with Gasteiger partial charge < -0.3 is 14.8 Å². The molecule has 1 fully saturated rings. The molecule has 0 bridgehead atoms. The van der Waals surface area contributed by atoms with E-state index in [0.717, 1.165) is 16.3 Å². The Bertz CT molecular complexity index is 1300. The first-order valence-corrected chi connectivity index (χ1v) is 12.4. The Labute approximate surface area is 219 Å². The van der Waals surface area contributed by atoms with E-state index in [2.05, 4.69) is 31.2 Å². The molecule has 194 valence electrons. The molecule has 0 saturated heterocycles. The van der Waals surface area contributed by atoms with Crippen LogP contribution >= 0.6 is 0 Å². The minimum atomic E-state index is -0.452. The number of carbonyl (C=O) groups excluding carboxylic acids is 3. The van der Waals surface area contributed by atoms with Crippen LogP contribution in [0.2, 0.25) is 0 Å². The lowest BCUT2D eigenvalue weighted by Crippen LogP contribution is -2.22. The largest absolute Gasteiger partial charge is 0.457 e. The quantitative estimate of drug-likeness (QED) is 0.308. The van der Waals surface area contributed by atoms with E-state index in [0.29, 0.717) is 17.7 Å². The van der Waals surface area contributed by atoms with Crippen molar-refractivity contribution in [2.24, 2.45) is 17.3 Å². The number of hydrogen-bond donors (Lipinski definition) is 1. The van der Waals surface area contributed by atoms with Gasteiger partial charge in [-0.3, -0.25) is 9.59 Å². The molecule has 0 heterocycles. The molecule has 1 N–H and O–H groups in total. The number of hydrogen-bond acceptors (Lipinski definition) is 5. The first-order chi connectivity index (χ1) is 17.5. The van der Waals surface area contributed by atoms with Gasteiger partial charge in [0.1, 0.15) is 11.9 Å². The fourth-order valence-corrected chi connectivity index (χ4v) is 4.78. The summed E-state index contributed by atoms with van der Waals surface area (Å²) in [4.78, 5) is 35.5. The third-order valence-corrected chi connectivity index (χ3v) is 7.04. The number of terminal acetylenes is 1. The summed E-state index contributed by atoms with van der Waals surface area (Å²) in [7, 11) is 1.54. The van der Waals surface area contributed by atoms with Crippen LogP contribution in [0.25, 0.3) is 10.8 Å². The zero-order chi connectivity index (χ0) is 27.3. The van der Waals surface area contributed by atoms with Gasteiger partial charge in [0.15, 0.2) is 5.78 Å². The summed E-state index contributed by atoms with van der Waals surface area (Å²) in [5.41, 5.74) is 2.58. The molecular weight excluding hydrogens is 466 g/mol. The van der Waals surface area contributed by atoms with Crippen molar-refractivity contribution >= 4 is 28.6 Å². The second-order valence-corrected chi connectivity index (χ2v) is 10.3. The number of fused-ring (bicyclic) bond motifs is 1. The maximum atomic E-state index is 12.5. The average Bonchev–Trinajstić information content (AvgIpc) is 3.29. The van der Waals surface area contributed by atoms with Crippen molar-refractivity contribution in [3.05, 3.63) is 65.3 Å². The van der Waals surface area contributed by atoms with Crippen LogP contribution in [0.5, 0.6) is 5.75 Å². The Morgan fingerprint density at radius 1 is 1.16 bits per heavy atom. The second kappa shape index (κ2) is 11.5. The van der Waals surface area contributed by atoms with Gasteiger partial charge in [-0.25, -0.2) is 4.79 Å². The van der Waals surface area contributed by atoms with Crippen LogP contribution < -0.4 is 10.1 Å². The number of Topliss-reactive ketones (excluding diaryl/α,β-unsaturated/α-hetero) is 1. The molecule has 2 aliphatic carbocycles. The third kappa shape index (κ3) is 6.29. The minimum Gasteiger partial charge on any atom is -0.457 e. The van der Waals surface area contributed by atoms with Gasteiger partial charge in [0.05, 0.1) is 12.3 Å². The molecule has 0 radical (unpaired) electrons. The number of carbonyl (C=O) groups is 3.